The van der Waals surface area contributed by atoms with Gasteiger partial charge in [-0.2, -0.15) is 0 Å². The van der Waals surface area contributed by atoms with Crippen LogP contribution in [0.2, 0.25) is 0 Å². The van der Waals surface area contributed by atoms with E-state index in [0.717, 1.165) is 4.47 Å². The van der Waals surface area contributed by atoms with E-state index in [1.165, 1.54) is 0 Å². The number of Topliss-reactive ketones (excluding diaryl/α,β-unsaturated/α-hetero) is 1. The van der Waals surface area contributed by atoms with E-state index in [9.17, 15) is 14.7 Å². The molecule has 0 unspecified atom stereocenters. The van der Waals surface area contributed by atoms with Crippen molar-refractivity contribution in [1.29, 1.82) is 0 Å². The lowest BCUT2D eigenvalue weighted by Gasteiger charge is -2.12. The lowest BCUT2D eigenvalue weighted by atomic mass is 9.97. The van der Waals surface area contributed by atoms with Crippen LogP contribution in [0.5, 0.6) is 0 Å². The zero-order valence-electron chi connectivity index (χ0n) is 11.3. The van der Waals surface area contributed by atoms with Crippen LogP contribution in [0, 0.1) is 0 Å². The summed E-state index contributed by atoms with van der Waals surface area (Å²) in [5.74, 6) is -2.00. The van der Waals surface area contributed by atoms with Crippen molar-refractivity contribution in [2.45, 2.75) is 6.10 Å². The number of aliphatic hydroxyl groups excluding tert-OH is 1. The van der Waals surface area contributed by atoms with Crippen molar-refractivity contribution in [1.82, 2.24) is 0 Å². The number of carbonyl (C=O) groups excluding carboxylic acids is 2. The standard InChI is InChI=1S/C17H11BrO4/c18-12-8-6-11(7-9-12)16-13(15(20)17(21)22-16)14(19)10-4-2-1-3-5-10/h1-9,16,19H/t16-/m1/s1. The summed E-state index contributed by atoms with van der Waals surface area (Å²) in [6, 6.07) is 15.6. The Morgan fingerprint density at radius 2 is 1.64 bits per heavy atom. The molecular formula is C17H11BrO4. The molecule has 3 rings (SSSR count). The van der Waals surface area contributed by atoms with Gasteiger partial charge < -0.3 is 9.84 Å². The normalized spacial score (nSPS) is 20.0. The number of carbonyl (C=O) groups is 2. The molecule has 4 nitrogen and oxygen atoms in total. The number of halogens is 1. The second-order valence-corrected chi connectivity index (χ2v) is 5.71. The summed E-state index contributed by atoms with van der Waals surface area (Å²) in [7, 11) is 0. The second-order valence-electron chi connectivity index (χ2n) is 4.79. The lowest BCUT2D eigenvalue weighted by molar-refractivity contribution is -0.149. The van der Waals surface area contributed by atoms with Gasteiger partial charge in [0.25, 0.3) is 5.78 Å². The Bertz CT molecular complexity index is 763. The maximum absolute atomic E-state index is 12.1. The predicted octanol–water partition coefficient (Wildman–Crippen LogP) is 3.59. The minimum absolute atomic E-state index is 0.0291. The molecule has 1 atom stereocenters. The zero-order valence-corrected chi connectivity index (χ0v) is 12.9. The molecule has 0 radical (unpaired) electrons. The van der Waals surface area contributed by atoms with Gasteiger partial charge in [0.15, 0.2) is 6.10 Å². The third-order valence-corrected chi connectivity index (χ3v) is 3.92. The molecule has 1 heterocycles. The highest BCUT2D eigenvalue weighted by atomic mass is 79.9. The molecule has 2 aromatic rings. The van der Waals surface area contributed by atoms with Crippen molar-refractivity contribution < 1.29 is 19.4 Å². The van der Waals surface area contributed by atoms with E-state index in [1.54, 1.807) is 54.6 Å². The van der Waals surface area contributed by atoms with E-state index in [1.807, 2.05) is 0 Å². The van der Waals surface area contributed by atoms with Crippen LogP contribution in [0.4, 0.5) is 0 Å². The fraction of sp³-hybridized carbons (Fsp3) is 0.0588. The van der Waals surface area contributed by atoms with Crippen LogP contribution in [0.3, 0.4) is 0 Å². The molecule has 0 spiro atoms. The number of benzene rings is 2. The maximum Gasteiger partial charge on any atom is 0.380 e. The first-order chi connectivity index (χ1) is 10.6. The number of cyclic esters (lactones) is 1. The zero-order chi connectivity index (χ0) is 15.7. The Kier molecular flexibility index (Phi) is 3.81. The Labute approximate surface area is 135 Å². The summed E-state index contributed by atoms with van der Waals surface area (Å²) < 4.78 is 6.00. The summed E-state index contributed by atoms with van der Waals surface area (Å²) in [6.45, 7) is 0. The molecule has 1 aliphatic heterocycles. The molecule has 0 bridgehead atoms. The molecule has 1 fully saturated rings. The van der Waals surface area contributed by atoms with Crippen LogP contribution < -0.4 is 0 Å². The molecular weight excluding hydrogens is 348 g/mol. The molecule has 110 valence electrons. The first-order valence-corrected chi connectivity index (χ1v) is 7.36. The first kappa shape index (κ1) is 14.5. The van der Waals surface area contributed by atoms with Gasteiger partial charge in [-0.1, -0.05) is 58.4 Å². The Hall–Kier alpha value is -2.40. The van der Waals surface area contributed by atoms with Crippen molar-refractivity contribution in [2.75, 3.05) is 0 Å². The molecule has 5 heteroatoms. The fourth-order valence-electron chi connectivity index (χ4n) is 2.30. The number of rotatable bonds is 2. The van der Waals surface area contributed by atoms with Gasteiger partial charge in [-0.05, 0) is 17.7 Å². The number of esters is 1. The second kappa shape index (κ2) is 5.77. The van der Waals surface area contributed by atoms with Gasteiger partial charge in [-0.25, -0.2) is 4.79 Å². The minimum atomic E-state index is -0.953. The van der Waals surface area contributed by atoms with Gasteiger partial charge in [-0.3, -0.25) is 4.79 Å². The average molecular weight is 359 g/mol. The highest BCUT2D eigenvalue weighted by Gasteiger charge is 2.42. The van der Waals surface area contributed by atoms with Crippen LogP contribution in [0.1, 0.15) is 17.2 Å². The van der Waals surface area contributed by atoms with E-state index < -0.39 is 17.9 Å². The molecule has 2 aromatic carbocycles. The summed E-state index contributed by atoms with van der Waals surface area (Å²) in [4.78, 5) is 23.7. The molecule has 0 aliphatic carbocycles. The topological polar surface area (TPSA) is 63.6 Å². The third kappa shape index (κ3) is 2.55. The van der Waals surface area contributed by atoms with Crippen LogP contribution >= 0.6 is 15.9 Å². The lowest BCUT2D eigenvalue weighted by Crippen LogP contribution is -2.08. The fourth-order valence-corrected chi connectivity index (χ4v) is 2.57. The molecule has 0 amide bonds. The molecule has 0 saturated carbocycles. The smallest absolute Gasteiger partial charge is 0.380 e. The van der Waals surface area contributed by atoms with Gasteiger partial charge >= 0.3 is 5.97 Å². The predicted molar refractivity (Wildman–Crippen MR) is 84.0 cm³/mol. The van der Waals surface area contributed by atoms with E-state index >= 15 is 0 Å². The van der Waals surface area contributed by atoms with Crippen molar-refractivity contribution in [3.8, 4) is 0 Å². The van der Waals surface area contributed by atoms with Crippen molar-refractivity contribution in [2.24, 2.45) is 0 Å². The number of hydrogen-bond donors (Lipinski definition) is 1. The van der Waals surface area contributed by atoms with Gasteiger partial charge in [-0.15, -0.1) is 0 Å². The van der Waals surface area contributed by atoms with E-state index in [0.29, 0.717) is 11.1 Å². The highest BCUT2D eigenvalue weighted by molar-refractivity contribution is 9.10. The van der Waals surface area contributed by atoms with E-state index in [-0.39, 0.29) is 11.3 Å². The van der Waals surface area contributed by atoms with Crippen LogP contribution in [-0.4, -0.2) is 16.9 Å². The van der Waals surface area contributed by atoms with Crippen molar-refractivity contribution in [3.05, 3.63) is 75.8 Å². The SMILES string of the molecule is O=C1O[C@H](c2ccc(Br)cc2)C(=C(O)c2ccccc2)C1=O. The summed E-state index contributed by atoms with van der Waals surface area (Å²) in [6.07, 6.45) is -0.895. The van der Waals surface area contributed by atoms with Gasteiger partial charge in [0.2, 0.25) is 0 Å². The van der Waals surface area contributed by atoms with Crippen molar-refractivity contribution >= 4 is 33.4 Å². The monoisotopic (exact) mass is 358 g/mol. The Morgan fingerprint density at radius 1 is 1.00 bits per heavy atom. The van der Waals surface area contributed by atoms with Crippen LogP contribution in [0.25, 0.3) is 5.76 Å². The van der Waals surface area contributed by atoms with Gasteiger partial charge in [0.1, 0.15) is 5.76 Å². The highest BCUT2D eigenvalue weighted by Crippen LogP contribution is 2.37. The number of ketones is 1. The molecule has 1 N–H and O–H groups in total. The number of ether oxygens (including phenoxy) is 1. The van der Waals surface area contributed by atoms with Crippen LogP contribution in [-0.2, 0) is 14.3 Å². The van der Waals surface area contributed by atoms with Gasteiger partial charge in [0, 0.05) is 10.0 Å². The average Bonchev–Trinajstić information content (AvgIpc) is 2.84. The molecule has 1 aliphatic rings. The summed E-state index contributed by atoms with van der Waals surface area (Å²) in [5, 5.41) is 10.4. The minimum Gasteiger partial charge on any atom is -0.507 e. The summed E-state index contributed by atoms with van der Waals surface area (Å²) in [5.41, 5.74) is 1.06. The largest absolute Gasteiger partial charge is 0.507 e. The first-order valence-electron chi connectivity index (χ1n) is 6.57. The van der Waals surface area contributed by atoms with Gasteiger partial charge in [0.05, 0.1) is 5.57 Å². The quantitative estimate of drug-likeness (QED) is 0.385. The molecule has 0 aromatic heterocycles. The molecule has 1 saturated heterocycles. The maximum atomic E-state index is 12.1. The summed E-state index contributed by atoms with van der Waals surface area (Å²) >= 11 is 3.32. The number of hydrogen-bond acceptors (Lipinski definition) is 4. The van der Waals surface area contributed by atoms with Crippen molar-refractivity contribution in [3.63, 3.8) is 0 Å². The third-order valence-electron chi connectivity index (χ3n) is 3.39. The van der Waals surface area contributed by atoms with Crippen LogP contribution in [0.15, 0.2) is 64.6 Å². The Morgan fingerprint density at radius 3 is 2.27 bits per heavy atom. The van der Waals surface area contributed by atoms with E-state index in [2.05, 4.69) is 15.9 Å². The Balaban J connectivity index is 2.11. The van der Waals surface area contributed by atoms with E-state index in [4.69, 9.17) is 4.74 Å². The number of aliphatic hydroxyl groups is 1. The molecule has 22 heavy (non-hydrogen) atoms.